The van der Waals surface area contributed by atoms with Crippen molar-refractivity contribution in [2.45, 2.75) is 43.6 Å². The molecule has 1 aliphatic heterocycles. The van der Waals surface area contributed by atoms with E-state index in [-0.39, 0.29) is 17.4 Å². The predicted octanol–water partition coefficient (Wildman–Crippen LogP) is 3.22. The van der Waals surface area contributed by atoms with Crippen molar-refractivity contribution in [2.24, 2.45) is 0 Å². The molecular weight excluding hydrogens is 444 g/mol. The Morgan fingerprint density at radius 1 is 1.03 bits per heavy atom. The van der Waals surface area contributed by atoms with Crippen molar-refractivity contribution in [3.63, 3.8) is 0 Å². The molecule has 2 aromatic carbocycles. The second kappa shape index (κ2) is 11.9. The minimum Gasteiger partial charge on any atom is -0.493 e. The Kier molecular flexibility index (Phi) is 8.96. The highest BCUT2D eigenvalue weighted by Crippen LogP contribution is 2.27. The molecule has 180 valence electrons. The first-order valence-electron chi connectivity index (χ1n) is 11.3. The first-order valence-corrected chi connectivity index (χ1v) is 12.7. The van der Waals surface area contributed by atoms with E-state index in [9.17, 15) is 13.2 Å². The van der Waals surface area contributed by atoms with Crippen molar-refractivity contribution in [2.75, 3.05) is 33.4 Å². The third-order valence-corrected chi connectivity index (χ3v) is 7.36. The molecule has 1 saturated heterocycles. The Bertz CT molecular complexity index is 1000. The zero-order valence-electron chi connectivity index (χ0n) is 19.2. The first-order chi connectivity index (χ1) is 16.0. The van der Waals surface area contributed by atoms with Crippen LogP contribution in [0.4, 0.5) is 0 Å². The van der Waals surface area contributed by atoms with Crippen LogP contribution in [0.1, 0.15) is 32.6 Å². The Labute approximate surface area is 195 Å². The maximum Gasteiger partial charge on any atom is 0.261 e. The van der Waals surface area contributed by atoms with Gasteiger partial charge in [-0.25, -0.2) is 8.42 Å². The molecule has 0 saturated carbocycles. The number of hydrogen-bond donors (Lipinski definition) is 1. The molecule has 8 nitrogen and oxygen atoms in total. The number of carbonyl (C=O) groups is 1. The maximum atomic E-state index is 12.7. The van der Waals surface area contributed by atoms with Crippen LogP contribution in [-0.4, -0.2) is 58.1 Å². The summed E-state index contributed by atoms with van der Waals surface area (Å²) < 4.78 is 43.7. The van der Waals surface area contributed by atoms with E-state index in [1.165, 1.54) is 0 Å². The van der Waals surface area contributed by atoms with Crippen molar-refractivity contribution in [1.82, 2.24) is 9.62 Å². The van der Waals surface area contributed by atoms with Crippen molar-refractivity contribution in [3.8, 4) is 17.2 Å². The number of methoxy groups -OCH3 is 1. The largest absolute Gasteiger partial charge is 0.493 e. The van der Waals surface area contributed by atoms with Crippen molar-refractivity contribution in [1.29, 1.82) is 0 Å². The minimum absolute atomic E-state index is 0.241. The van der Waals surface area contributed by atoms with E-state index in [1.54, 1.807) is 47.8 Å². The molecule has 0 spiro atoms. The van der Waals surface area contributed by atoms with Gasteiger partial charge in [-0.3, -0.25) is 4.79 Å². The van der Waals surface area contributed by atoms with E-state index < -0.39 is 16.1 Å². The van der Waals surface area contributed by atoms with Crippen LogP contribution < -0.4 is 19.5 Å². The molecule has 0 bridgehead atoms. The van der Waals surface area contributed by atoms with Gasteiger partial charge in [0.25, 0.3) is 5.91 Å². The molecule has 9 heteroatoms. The Balaban J connectivity index is 1.46. The fraction of sp³-hybridized carbons (Fsp3) is 0.458. The molecule has 1 fully saturated rings. The van der Waals surface area contributed by atoms with E-state index in [0.717, 1.165) is 19.3 Å². The van der Waals surface area contributed by atoms with Crippen molar-refractivity contribution < 1.29 is 27.4 Å². The number of ether oxygens (including phenoxy) is 3. The number of nitrogens with one attached hydrogen (secondary N) is 1. The van der Waals surface area contributed by atoms with Gasteiger partial charge in [0.15, 0.2) is 17.6 Å². The van der Waals surface area contributed by atoms with Gasteiger partial charge in [0.1, 0.15) is 12.4 Å². The standard InChI is InChI=1S/C24H32N2O6S/c1-3-21(32-23-10-6-5-9-22(23)30-2)24(27)25-15-18-31-19-11-13-20(14-12-19)33(28,29)26-16-7-4-8-17-26/h5-6,9-14,21H,3-4,7-8,15-18H2,1-2H3,(H,25,27)/t21-/m1/s1. The summed E-state index contributed by atoms with van der Waals surface area (Å²) in [6.45, 7) is 3.54. The first kappa shape index (κ1) is 24.9. The van der Waals surface area contributed by atoms with Crippen LogP contribution in [0, 0.1) is 0 Å². The van der Waals surface area contributed by atoms with Crippen molar-refractivity contribution in [3.05, 3.63) is 48.5 Å². The number of para-hydroxylation sites is 2. The summed E-state index contributed by atoms with van der Waals surface area (Å²) in [4.78, 5) is 12.8. The smallest absolute Gasteiger partial charge is 0.261 e. The number of piperidine rings is 1. The highest BCUT2D eigenvalue weighted by molar-refractivity contribution is 7.89. The summed E-state index contributed by atoms with van der Waals surface area (Å²) >= 11 is 0. The number of rotatable bonds is 11. The van der Waals surface area contributed by atoms with E-state index in [0.29, 0.717) is 43.3 Å². The summed E-state index contributed by atoms with van der Waals surface area (Å²) in [6, 6.07) is 13.6. The van der Waals surface area contributed by atoms with Gasteiger partial charge in [-0.05, 0) is 55.7 Å². The Morgan fingerprint density at radius 3 is 2.33 bits per heavy atom. The normalized spacial score (nSPS) is 15.5. The zero-order chi connectivity index (χ0) is 23.7. The molecule has 1 amide bonds. The molecule has 1 aliphatic rings. The van der Waals surface area contributed by atoms with Gasteiger partial charge in [0, 0.05) is 13.1 Å². The van der Waals surface area contributed by atoms with Crippen LogP contribution in [0.2, 0.25) is 0 Å². The average molecular weight is 477 g/mol. The number of hydrogen-bond acceptors (Lipinski definition) is 6. The molecule has 1 atom stereocenters. The van der Waals surface area contributed by atoms with E-state index >= 15 is 0 Å². The summed E-state index contributed by atoms with van der Waals surface area (Å²) in [5, 5.41) is 2.81. The molecule has 3 rings (SSSR count). The molecule has 2 aromatic rings. The topological polar surface area (TPSA) is 94.2 Å². The Hall–Kier alpha value is -2.78. The van der Waals surface area contributed by atoms with Crippen LogP contribution >= 0.6 is 0 Å². The molecule has 33 heavy (non-hydrogen) atoms. The molecule has 1 N–H and O–H groups in total. The van der Waals surface area contributed by atoms with Gasteiger partial charge in [-0.1, -0.05) is 25.5 Å². The summed E-state index contributed by atoms with van der Waals surface area (Å²) in [7, 11) is -1.91. The molecule has 1 heterocycles. The highest BCUT2D eigenvalue weighted by atomic mass is 32.2. The number of carbonyl (C=O) groups excluding carboxylic acids is 1. The van der Waals surface area contributed by atoms with Gasteiger partial charge in [-0.2, -0.15) is 4.31 Å². The third-order valence-electron chi connectivity index (χ3n) is 5.45. The van der Waals surface area contributed by atoms with Crippen LogP contribution in [0.25, 0.3) is 0 Å². The monoisotopic (exact) mass is 476 g/mol. The fourth-order valence-corrected chi connectivity index (χ4v) is 5.13. The third kappa shape index (κ3) is 6.61. The number of sulfonamides is 1. The summed E-state index contributed by atoms with van der Waals surface area (Å²) in [5.41, 5.74) is 0. The van der Waals surface area contributed by atoms with Crippen LogP contribution in [0.5, 0.6) is 17.2 Å². The fourth-order valence-electron chi connectivity index (χ4n) is 3.61. The summed E-state index contributed by atoms with van der Waals surface area (Å²) in [6.07, 6.45) is 2.71. The lowest BCUT2D eigenvalue weighted by Crippen LogP contribution is -2.39. The zero-order valence-corrected chi connectivity index (χ0v) is 20.0. The van der Waals surface area contributed by atoms with E-state index in [4.69, 9.17) is 14.2 Å². The quantitative estimate of drug-likeness (QED) is 0.501. The minimum atomic E-state index is -3.46. The lowest BCUT2D eigenvalue weighted by molar-refractivity contribution is -0.128. The predicted molar refractivity (Wildman–Crippen MR) is 125 cm³/mol. The van der Waals surface area contributed by atoms with Gasteiger partial charge in [-0.15, -0.1) is 0 Å². The van der Waals surface area contributed by atoms with E-state index in [2.05, 4.69) is 5.32 Å². The summed E-state index contributed by atoms with van der Waals surface area (Å²) in [5.74, 6) is 1.38. The maximum absolute atomic E-state index is 12.7. The molecule has 0 radical (unpaired) electrons. The lowest BCUT2D eigenvalue weighted by Gasteiger charge is -2.25. The van der Waals surface area contributed by atoms with Gasteiger partial charge in [0.2, 0.25) is 10.0 Å². The van der Waals surface area contributed by atoms with E-state index in [1.807, 2.05) is 19.1 Å². The van der Waals surface area contributed by atoms with Crippen LogP contribution in [-0.2, 0) is 14.8 Å². The van der Waals surface area contributed by atoms with Gasteiger partial charge < -0.3 is 19.5 Å². The van der Waals surface area contributed by atoms with Crippen molar-refractivity contribution >= 4 is 15.9 Å². The molecule has 0 aliphatic carbocycles. The lowest BCUT2D eigenvalue weighted by atomic mass is 10.2. The van der Waals surface area contributed by atoms with Crippen LogP contribution in [0.3, 0.4) is 0 Å². The van der Waals surface area contributed by atoms with Crippen LogP contribution in [0.15, 0.2) is 53.4 Å². The number of nitrogens with zero attached hydrogens (tertiary/aromatic N) is 1. The molecular formula is C24H32N2O6S. The number of benzene rings is 2. The second-order valence-electron chi connectivity index (χ2n) is 7.74. The average Bonchev–Trinajstić information content (AvgIpc) is 2.86. The molecule has 0 aromatic heterocycles. The SMILES string of the molecule is CC[C@@H](Oc1ccccc1OC)C(=O)NCCOc1ccc(S(=O)(=O)N2CCCCC2)cc1. The number of amides is 1. The van der Waals surface area contributed by atoms with Gasteiger partial charge in [0.05, 0.1) is 18.6 Å². The Morgan fingerprint density at radius 2 is 1.70 bits per heavy atom. The second-order valence-corrected chi connectivity index (χ2v) is 9.68. The molecule has 0 unspecified atom stereocenters. The highest BCUT2D eigenvalue weighted by Gasteiger charge is 2.25. The van der Waals surface area contributed by atoms with Gasteiger partial charge >= 0.3 is 0 Å².